The molecule has 5 nitrogen and oxygen atoms in total. The molecule has 1 amide bonds. The Kier molecular flexibility index (Phi) is 5.96. The van der Waals surface area contributed by atoms with E-state index in [0.29, 0.717) is 12.2 Å². The van der Waals surface area contributed by atoms with Crippen LogP contribution in [0.4, 0.5) is 0 Å². The van der Waals surface area contributed by atoms with E-state index in [1.807, 2.05) is 35.7 Å². The highest BCUT2D eigenvalue weighted by Crippen LogP contribution is 2.23. The molecule has 1 fully saturated rings. The lowest BCUT2D eigenvalue weighted by atomic mass is 10.2. The maximum Gasteiger partial charge on any atom is 0.270 e. The maximum atomic E-state index is 12.2. The molecule has 0 atom stereocenters. The smallest absolute Gasteiger partial charge is 0.270 e. The van der Waals surface area contributed by atoms with Crippen molar-refractivity contribution in [3.63, 3.8) is 0 Å². The van der Waals surface area contributed by atoms with Crippen LogP contribution in [0.2, 0.25) is 0 Å². The Morgan fingerprint density at radius 2 is 1.96 bits per heavy atom. The van der Waals surface area contributed by atoms with Gasteiger partial charge in [0.1, 0.15) is 10.7 Å². The summed E-state index contributed by atoms with van der Waals surface area (Å²) in [6.45, 7) is 6.25. The molecule has 24 heavy (non-hydrogen) atoms. The van der Waals surface area contributed by atoms with E-state index in [1.165, 1.54) is 11.3 Å². The summed E-state index contributed by atoms with van der Waals surface area (Å²) in [5.74, 6) is -0.0770. The predicted molar refractivity (Wildman–Crippen MR) is 98.4 cm³/mol. The van der Waals surface area contributed by atoms with Gasteiger partial charge in [0, 0.05) is 43.7 Å². The molecule has 1 aliphatic heterocycles. The first-order valence-corrected chi connectivity index (χ1v) is 9.30. The molecule has 0 spiro atoms. The number of aromatic nitrogens is 1. The second kappa shape index (κ2) is 8.37. The first kappa shape index (κ1) is 17.1. The number of benzene rings is 1. The van der Waals surface area contributed by atoms with Crippen LogP contribution < -0.4 is 5.32 Å². The van der Waals surface area contributed by atoms with Gasteiger partial charge < -0.3 is 15.1 Å². The molecule has 0 aliphatic carbocycles. The molecule has 0 radical (unpaired) electrons. The number of carbonyl (C=O) groups excluding carboxylic acids is 1. The van der Waals surface area contributed by atoms with Crippen LogP contribution in [-0.4, -0.2) is 67.0 Å². The minimum atomic E-state index is -0.0770. The highest BCUT2D eigenvalue weighted by molar-refractivity contribution is 7.13. The summed E-state index contributed by atoms with van der Waals surface area (Å²) in [5.41, 5.74) is 1.56. The van der Waals surface area contributed by atoms with Gasteiger partial charge in [0.15, 0.2) is 0 Å². The third-order valence-electron chi connectivity index (χ3n) is 4.29. The van der Waals surface area contributed by atoms with E-state index in [2.05, 4.69) is 27.1 Å². The third-order valence-corrected chi connectivity index (χ3v) is 5.18. The van der Waals surface area contributed by atoms with E-state index in [9.17, 15) is 4.79 Å². The fraction of sp³-hybridized carbons (Fsp3) is 0.444. The van der Waals surface area contributed by atoms with Crippen molar-refractivity contribution in [2.24, 2.45) is 0 Å². The van der Waals surface area contributed by atoms with Crippen molar-refractivity contribution in [2.75, 3.05) is 46.3 Å². The molecule has 3 rings (SSSR count). The topological polar surface area (TPSA) is 48.5 Å². The van der Waals surface area contributed by atoms with Crippen molar-refractivity contribution in [1.82, 2.24) is 20.1 Å². The molecule has 0 saturated carbocycles. The molecule has 128 valence electrons. The molecular weight excluding hydrogens is 320 g/mol. The standard InChI is InChI=1S/C18H24N4OS/c1-21-10-12-22(13-11-21)9-5-8-19-17(23)16-14-24-18(20-16)15-6-3-2-4-7-15/h2-4,6-7,14H,5,8-13H2,1H3,(H,19,23). The third kappa shape index (κ3) is 4.63. The van der Waals surface area contributed by atoms with Crippen molar-refractivity contribution in [3.05, 3.63) is 41.4 Å². The van der Waals surface area contributed by atoms with Crippen LogP contribution in [0.1, 0.15) is 16.9 Å². The molecule has 0 unspecified atom stereocenters. The second-order valence-corrected chi connectivity index (χ2v) is 7.02. The lowest BCUT2D eigenvalue weighted by molar-refractivity contribution is 0.0945. The highest BCUT2D eigenvalue weighted by atomic mass is 32.1. The average molecular weight is 344 g/mol. The van der Waals surface area contributed by atoms with Crippen molar-refractivity contribution in [3.8, 4) is 10.6 Å². The summed E-state index contributed by atoms with van der Waals surface area (Å²) in [4.78, 5) is 21.5. The quantitative estimate of drug-likeness (QED) is 0.816. The number of likely N-dealkylation sites (N-methyl/N-ethyl adjacent to an activating group) is 1. The van der Waals surface area contributed by atoms with Gasteiger partial charge in [0.05, 0.1) is 0 Å². The molecule has 1 aliphatic rings. The van der Waals surface area contributed by atoms with E-state index in [4.69, 9.17) is 0 Å². The van der Waals surface area contributed by atoms with Gasteiger partial charge in [-0.25, -0.2) is 4.98 Å². The number of thiazole rings is 1. The van der Waals surface area contributed by atoms with Gasteiger partial charge in [-0.1, -0.05) is 30.3 Å². The van der Waals surface area contributed by atoms with Crippen molar-refractivity contribution in [1.29, 1.82) is 0 Å². The van der Waals surface area contributed by atoms with E-state index in [0.717, 1.165) is 49.7 Å². The van der Waals surface area contributed by atoms with Gasteiger partial charge in [-0.05, 0) is 20.0 Å². The summed E-state index contributed by atoms with van der Waals surface area (Å²) < 4.78 is 0. The van der Waals surface area contributed by atoms with Crippen LogP contribution in [0.5, 0.6) is 0 Å². The normalized spacial score (nSPS) is 16.2. The molecule has 0 bridgehead atoms. The first-order chi connectivity index (χ1) is 11.7. The van der Waals surface area contributed by atoms with E-state index in [1.54, 1.807) is 0 Å². The summed E-state index contributed by atoms with van der Waals surface area (Å²) in [6, 6.07) is 9.96. The SMILES string of the molecule is CN1CCN(CCCNC(=O)c2csc(-c3ccccc3)n2)CC1. The Morgan fingerprint density at radius 3 is 2.71 bits per heavy atom. The Morgan fingerprint density at radius 1 is 1.21 bits per heavy atom. The predicted octanol–water partition coefficient (Wildman–Crippen LogP) is 2.18. The number of nitrogens with one attached hydrogen (secondary N) is 1. The van der Waals surface area contributed by atoms with Gasteiger partial charge in [-0.15, -0.1) is 11.3 Å². The second-order valence-electron chi connectivity index (χ2n) is 6.16. The number of hydrogen-bond donors (Lipinski definition) is 1. The average Bonchev–Trinajstić information content (AvgIpc) is 3.11. The van der Waals surface area contributed by atoms with Crippen LogP contribution in [0, 0.1) is 0 Å². The number of hydrogen-bond acceptors (Lipinski definition) is 5. The number of rotatable bonds is 6. The maximum absolute atomic E-state index is 12.2. The Labute approximate surface area is 147 Å². The van der Waals surface area contributed by atoms with Gasteiger partial charge in [-0.2, -0.15) is 0 Å². The summed E-state index contributed by atoms with van der Waals surface area (Å²) in [5, 5.41) is 5.70. The van der Waals surface area contributed by atoms with Crippen LogP contribution in [0.15, 0.2) is 35.7 Å². The lowest BCUT2D eigenvalue weighted by Crippen LogP contribution is -2.45. The summed E-state index contributed by atoms with van der Waals surface area (Å²) in [7, 11) is 2.16. The Balaban J connectivity index is 1.42. The van der Waals surface area contributed by atoms with Gasteiger partial charge in [0.25, 0.3) is 5.91 Å². The number of amides is 1. The summed E-state index contributed by atoms with van der Waals surface area (Å²) >= 11 is 1.51. The van der Waals surface area contributed by atoms with Crippen molar-refractivity contribution in [2.45, 2.75) is 6.42 Å². The number of piperazine rings is 1. The highest BCUT2D eigenvalue weighted by Gasteiger charge is 2.14. The van der Waals surface area contributed by atoms with Crippen LogP contribution in [0.3, 0.4) is 0 Å². The van der Waals surface area contributed by atoms with E-state index < -0.39 is 0 Å². The zero-order valence-electron chi connectivity index (χ0n) is 14.1. The molecule has 2 aromatic rings. The lowest BCUT2D eigenvalue weighted by Gasteiger charge is -2.32. The fourth-order valence-corrected chi connectivity index (χ4v) is 3.56. The monoisotopic (exact) mass is 344 g/mol. The van der Waals surface area contributed by atoms with Crippen LogP contribution >= 0.6 is 11.3 Å². The van der Waals surface area contributed by atoms with Gasteiger partial charge >= 0.3 is 0 Å². The molecule has 1 aromatic carbocycles. The molecule has 1 aromatic heterocycles. The van der Waals surface area contributed by atoms with Gasteiger partial charge in [0.2, 0.25) is 0 Å². The minimum absolute atomic E-state index is 0.0770. The molecule has 1 N–H and O–H groups in total. The molecular formula is C18H24N4OS. The van der Waals surface area contributed by atoms with Crippen LogP contribution in [-0.2, 0) is 0 Å². The Bertz CT molecular complexity index is 650. The zero-order valence-corrected chi connectivity index (χ0v) is 14.9. The fourth-order valence-electron chi connectivity index (χ4n) is 2.76. The number of nitrogens with zero attached hydrogens (tertiary/aromatic N) is 3. The van der Waals surface area contributed by atoms with E-state index in [-0.39, 0.29) is 5.91 Å². The van der Waals surface area contributed by atoms with Crippen LogP contribution in [0.25, 0.3) is 10.6 Å². The molecule has 6 heteroatoms. The van der Waals surface area contributed by atoms with E-state index >= 15 is 0 Å². The Hall–Kier alpha value is -1.76. The zero-order chi connectivity index (χ0) is 16.8. The minimum Gasteiger partial charge on any atom is -0.351 e. The summed E-state index contributed by atoms with van der Waals surface area (Å²) in [6.07, 6.45) is 0.977. The van der Waals surface area contributed by atoms with Gasteiger partial charge in [-0.3, -0.25) is 4.79 Å². The molecule has 2 heterocycles. The number of carbonyl (C=O) groups is 1. The van der Waals surface area contributed by atoms with Crippen molar-refractivity contribution < 1.29 is 4.79 Å². The molecule has 1 saturated heterocycles. The largest absolute Gasteiger partial charge is 0.351 e. The van der Waals surface area contributed by atoms with Crippen molar-refractivity contribution >= 4 is 17.2 Å². The first-order valence-electron chi connectivity index (χ1n) is 8.42.